The zero-order valence-electron chi connectivity index (χ0n) is 15.3. The first-order valence-corrected chi connectivity index (χ1v) is 8.74. The number of nitrogens with zero attached hydrogens (tertiary/aromatic N) is 3. The molecule has 0 bridgehead atoms. The van der Waals surface area contributed by atoms with E-state index in [1.807, 2.05) is 60.8 Å². The molecule has 1 atom stereocenters. The van der Waals surface area contributed by atoms with Crippen molar-refractivity contribution in [3.05, 3.63) is 72.9 Å². The third kappa shape index (κ3) is 4.95. The molecule has 0 aliphatic carbocycles. The minimum Gasteiger partial charge on any atom is -0.493 e. The standard InChI is InChI=1S/C21H23N3O3/c1-3-7-16-10-11-20(21(12-16)26-2)27-15-18(25)13-24-14-19(22-23-24)17-8-5-4-6-9-17/h3-6,8-12,14,18,25H,1,7,13,15H2,2H3. The Morgan fingerprint density at radius 3 is 2.74 bits per heavy atom. The highest BCUT2D eigenvalue weighted by Gasteiger charge is 2.12. The van der Waals surface area contributed by atoms with Crippen LogP contribution in [0.15, 0.2) is 67.4 Å². The Labute approximate surface area is 158 Å². The molecule has 0 radical (unpaired) electrons. The Kier molecular flexibility index (Phi) is 6.22. The van der Waals surface area contributed by atoms with Crippen molar-refractivity contribution < 1.29 is 14.6 Å². The third-order valence-corrected chi connectivity index (χ3v) is 4.05. The van der Waals surface area contributed by atoms with Crippen LogP contribution >= 0.6 is 0 Å². The minimum atomic E-state index is -0.729. The van der Waals surface area contributed by atoms with Crippen molar-refractivity contribution >= 4 is 0 Å². The molecule has 140 valence electrons. The van der Waals surface area contributed by atoms with Crippen molar-refractivity contribution in [1.29, 1.82) is 0 Å². The Morgan fingerprint density at radius 2 is 2.00 bits per heavy atom. The summed E-state index contributed by atoms with van der Waals surface area (Å²) < 4.78 is 12.7. The van der Waals surface area contributed by atoms with Crippen LogP contribution in [0.3, 0.4) is 0 Å². The molecule has 1 N–H and O–H groups in total. The molecule has 0 aliphatic rings. The molecular weight excluding hydrogens is 342 g/mol. The summed E-state index contributed by atoms with van der Waals surface area (Å²) in [5.41, 5.74) is 2.84. The highest BCUT2D eigenvalue weighted by Crippen LogP contribution is 2.28. The van der Waals surface area contributed by atoms with Crippen LogP contribution in [0.1, 0.15) is 5.56 Å². The van der Waals surface area contributed by atoms with Crippen LogP contribution in [-0.2, 0) is 13.0 Å². The number of hydrogen-bond donors (Lipinski definition) is 1. The van der Waals surface area contributed by atoms with E-state index in [0.717, 1.165) is 23.2 Å². The van der Waals surface area contributed by atoms with Crippen LogP contribution in [0.4, 0.5) is 0 Å². The van der Waals surface area contributed by atoms with E-state index in [-0.39, 0.29) is 13.2 Å². The fourth-order valence-electron chi connectivity index (χ4n) is 2.71. The van der Waals surface area contributed by atoms with Gasteiger partial charge in [-0.2, -0.15) is 0 Å². The number of hydrogen-bond acceptors (Lipinski definition) is 5. The number of ether oxygens (including phenoxy) is 2. The SMILES string of the molecule is C=CCc1ccc(OCC(O)Cn2cc(-c3ccccc3)nn2)c(OC)c1. The highest BCUT2D eigenvalue weighted by atomic mass is 16.5. The quantitative estimate of drug-likeness (QED) is 0.590. The maximum Gasteiger partial charge on any atom is 0.161 e. The van der Waals surface area contributed by atoms with E-state index < -0.39 is 6.10 Å². The van der Waals surface area contributed by atoms with E-state index >= 15 is 0 Å². The monoisotopic (exact) mass is 365 g/mol. The van der Waals surface area contributed by atoms with Gasteiger partial charge in [0, 0.05) is 5.56 Å². The number of aliphatic hydroxyl groups is 1. The molecule has 3 rings (SSSR count). The molecule has 0 saturated heterocycles. The van der Waals surface area contributed by atoms with Crippen molar-refractivity contribution in [2.24, 2.45) is 0 Å². The van der Waals surface area contributed by atoms with Gasteiger partial charge in [0.25, 0.3) is 0 Å². The largest absolute Gasteiger partial charge is 0.493 e. The predicted molar refractivity (Wildman–Crippen MR) is 104 cm³/mol. The van der Waals surface area contributed by atoms with Gasteiger partial charge in [0.2, 0.25) is 0 Å². The van der Waals surface area contributed by atoms with E-state index in [1.165, 1.54) is 0 Å². The van der Waals surface area contributed by atoms with Crippen molar-refractivity contribution in [2.45, 2.75) is 19.1 Å². The summed E-state index contributed by atoms with van der Waals surface area (Å²) in [4.78, 5) is 0. The zero-order chi connectivity index (χ0) is 19.1. The maximum absolute atomic E-state index is 10.3. The summed E-state index contributed by atoms with van der Waals surface area (Å²) in [5, 5.41) is 18.5. The molecule has 0 aliphatic heterocycles. The molecule has 0 saturated carbocycles. The molecule has 6 nitrogen and oxygen atoms in total. The predicted octanol–water partition coefficient (Wildman–Crippen LogP) is 3.12. The molecule has 1 heterocycles. The van der Waals surface area contributed by atoms with Gasteiger partial charge >= 0.3 is 0 Å². The number of aliphatic hydroxyl groups excluding tert-OH is 1. The van der Waals surface area contributed by atoms with Crippen LogP contribution in [-0.4, -0.2) is 39.9 Å². The topological polar surface area (TPSA) is 69.4 Å². The van der Waals surface area contributed by atoms with Crippen molar-refractivity contribution in [2.75, 3.05) is 13.7 Å². The van der Waals surface area contributed by atoms with Gasteiger partial charge in [-0.1, -0.05) is 47.7 Å². The maximum atomic E-state index is 10.3. The van der Waals surface area contributed by atoms with E-state index in [0.29, 0.717) is 11.5 Å². The van der Waals surface area contributed by atoms with Gasteiger partial charge in [-0.05, 0) is 24.1 Å². The lowest BCUT2D eigenvalue weighted by molar-refractivity contribution is 0.0874. The van der Waals surface area contributed by atoms with Gasteiger partial charge in [0.15, 0.2) is 11.5 Å². The highest BCUT2D eigenvalue weighted by molar-refractivity contribution is 5.57. The second-order valence-electron chi connectivity index (χ2n) is 6.13. The van der Waals surface area contributed by atoms with E-state index in [9.17, 15) is 5.11 Å². The molecule has 6 heteroatoms. The van der Waals surface area contributed by atoms with Gasteiger partial charge in [-0.15, -0.1) is 11.7 Å². The van der Waals surface area contributed by atoms with Gasteiger partial charge < -0.3 is 14.6 Å². The summed E-state index contributed by atoms with van der Waals surface area (Å²) in [5.74, 6) is 1.22. The smallest absolute Gasteiger partial charge is 0.161 e. The van der Waals surface area contributed by atoms with Gasteiger partial charge in [0.05, 0.1) is 19.9 Å². The van der Waals surface area contributed by atoms with E-state index in [1.54, 1.807) is 11.8 Å². The molecular formula is C21H23N3O3. The summed E-state index contributed by atoms with van der Waals surface area (Å²) in [6, 6.07) is 15.5. The van der Waals surface area contributed by atoms with Crippen molar-refractivity contribution in [1.82, 2.24) is 15.0 Å². The fraction of sp³-hybridized carbons (Fsp3) is 0.238. The number of aromatic nitrogens is 3. The summed E-state index contributed by atoms with van der Waals surface area (Å²) in [7, 11) is 1.59. The lowest BCUT2D eigenvalue weighted by Crippen LogP contribution is -2.24. The number of rotatable bonds is 9. The number of allylic oxidation sites excluding steroid dienone is 1. The van der Waals surface area contributed by atoms with Crippen LogP contribution in [0, 0.1) is 0 Å². The van der Waals surface area contributed by atoms with Gasteiger partial charge in [-0.25, -0.2) is 4.68 Å². The lowest BCUT2D eigenvalue weighted by Gasteiger charge is -2.15. The molecule has 0 fully saturated rings. The first-order chi connectivity index (χ1) is 13.2. The third-order valence-electron chi connectivity index (χ3n) is 4.05. The lowest BCUT2D eigenvalue weighted by atomic mass is 10.1. The first-order valence-electron chi connectivity index (χ1n) is 8.74. The summed E-state index contributed by atoms with van der Waals surface area (Å²) in [6.07, 6.45) is 3.67. The average molecular weight is 365 g/mol. The summed E-state index contributed by atoms with van der Waals surface area (Å²) >= 11 is 0. The molecule has 2 aromatic carbocycles. The van der Waals surface area contributed by atoms with E-state index in [4.69, 9.17) is 9.47 Å². The second kappa shape index (κ2) is 9.00. The molecule has 1 unspecified atom stereocenters. The average Bonchev–Trinajstić information content (AvgIpc) is 3.16. The van der Waals surface area contributed by atoms with Crippen LogP contribution < -0.4 is 9.47 Å². The van der Waals surface area contributed by atoms with E-state index in [2.05, 4.69) is 16.9 Å². The minimum absolute atomic E-state index is 0.123. The Morgan fingerprint density at radius 1 is 1.19 bits per heavy atom. The van der Waals surface area contributed by atoms with Crippen LogP contribution in [0.2, 0.25) is 0 Å². The number of benzene rings is 2. The normalized spacial score (nSPS) is 11.8. The van der Waals surface area contributed by atoms with Crippen LogP contribution in [0.5, 0.6) is 11.5 Å². The summed E-state index contributed by atoms with van der Waals surface area (Å²) in [6.45, 7) is 4.15. The Bertz CT molecular complexity index is 877. The molecule has 0 spiro atoms. The molecule has 0 amide bonds. The van der Waals surface area contributed by atoms with Crippen molar-refractivity contribution in [3.8, 4) is 22.8 Å². The Balaban J connectivity index is 1.58. The van der Waals surface area contributed by atoms with Crippen molar-refractivity contribution in [3.63, 3.8) is 0 Å². The zero-order valence-corrected chi connectivity index (χ0v) is 15.3. The molecule has 27 heavy (non-hydrogen) atoms. The molecule has 1 aromatic heterocycles. The Hall–Kier alpha value is -3.12. The number of methoxy groups -OCH3 is 1. The fourth-order valence-corrected chi connectivity index (χ4v) is 2.71. The van der Waals surface area contributed by atoms with Gasteiger partial charge in [-0.3, -0.25) is 0 Å². The molecule has 3 aromatic rings. The van der Waals surface area contributed by atoms with Crippen LogP contribution in [0.25, 0.3) is 11.3 Å². The van der Waals surface area contributed by atoms with Gasteiger partial charge in [0.1, 0.15) is 18.4 Å². The first kappa shape index (κ1) is 18.7. The second-order valence-corrected chi connectivity index (χ2v) is 6.13.